The molecule has 0 aliphatic carbocycles. The molecule has 5 nitrogen and oxygen atoms in total. The minimum atomic E-state index is -0.113. The van der Waals surface area contributed by atoms with Gasteiger partial charge in [0.1, 0.15) is 5.82 Å². The van der Waals surface area contributed by atoms with Crippen LogP contribution in [0.2, 0.25) is 0 Å². The van der Waals surface area contributed by atoms with E-state index in [1.165, 1.54) is 12.7 Å². The third kappa shape index (κ3) is 3.94. The van der Waals surface area contributed by atoms with Gasteiger partial charge in [-0.25, -0.2) is 4.98 Å². The molecule has 2 rings (SSSR count). The van der Waals surface area contributed by atoms with Crippen LogP contribution in [-0.2, 0) is 22.6 Å². The molecule has 1 aromatic rings. The smallest absolute Gasteiger partial charge is 0.308 e. The van der Waals surface area contributed by atoms with Crippen molar-refractivity contribution in [2.45, 2.75) is 39.2 Å². The summed E-state index contributed by atoms with van der Waals surface area (Å²) in [6, 6.07) is 4.06. The molecule has 0 saturated carbocycles. The molecule has 21 heavy (non-hydrogen) atoms. The Kier molecular flexibility index (Phi) is 5.56. The Morgan fingerprint density at radius 2 is 2.14 bits per heavy atom. The second-order valence-electron chi connectivity index (χ2n) is 5.52. The molecular weight excluding hydrogens is 268 g/mol. The lowest BCUT2D eigenvalue weighted by Gasteiger charge is -2.32. The highest BCUT2D eigenvalue weighted by molar-refractivity contribution is 5.72. The van der Waals surface area contributed by atoms with Gasteiger partial charge in [0, 0.05) is 13.1 Å². The van der Waals surface area contributed by atoms with Gasteiger partial charge in [0.15, 0.2) is 0 Å². The van der Waals surface area contributed by atoms with Crippen LogP contribution in [0.1, 0.15) is 37.4 Å². The lowest BCUT2D eigenvalue weighted by atomic mass is 9.97. The summed E-state index contributed by atoms with van der Waals surface area (Å²) in [7, 11) is 1.44. The molecule has 0 atom stereocenters. The summed E-state index contributed by atoms with van der Waals surface area (Å²) in [5.74, 6) is 0.800. The standard InChI is InChI=1S/C16H24N2O3/c1-3-4-12-9-14(11-19)17-15(10-12)18-7-5-13(6-8-18)16(20)21-2/h9-10,13,19H,3-8,11H2,1-2H3. The number of pyridine rings is 1. The Labute approximate surface area is 125 Å². The van der Waals surface area contributed by atoms with Gasteiger partial charge in [-0.2, -0.15) is 0 Å². The predicted octanol–water partition coefficient (Wildman–Crippen LogP) is 1.92. The van der Waals surface area contributed by atoms with Crippen LogP contribution < -0.4 is 4.90 Å². The lowest BCUT2D eigenvalue weighted by molar-refractivity contribution is -0.146. The number of esters is 1. The van der Waals surface area contributed by atoms with Crippen LogP contribution in [0.5, 0.6) is 0 Å². The molecule has 0 aromatic carbocycles. The van der Waals surface area contributed by atoms with Gasteiger partial charge < -0.3 is 14.7 Å². The number of hydrogen-bond donors (Lipinski definition) is 1. The first-order valence-electron chi connectivity index (χ1n) is 7.61. The molecule has 1 aromatic heterocycles. The Bertz CT molecular complexity index is 482. The average Bonchev–Trinajstić information content (AvgIpc) is 2.54. The Morgan fingerprint density at radius 3 is 2.71 bits per heavy atom. The quantitative estimate of drug-likeness (QED) is 0.840. The van der Waals surface area contributed by atoms with Crippen molar-refractivity contribution >= 4 is 11.8 Å². The fraction of sp³-hybridized carbons (Fsp3) is 0.625. The van der Waals surface area contributed by atoms with Crippen molar-refractivity contribution in [3.63, 3.8) is 0 Å². The predicted molar refractivity (Wildman–Crippen MR) is 81.1 cm³/mol. The Hall–Kier alpha value is -1.62. The number of methoxy groups -OCH3 is 1. The topological polar surface area (TPSA) is 62.7 Å². The lowest BCUT2D eigenvalue weighted by Crippen LogP contribution is -2.37. The third-order valence-electron chi connectivity index (χ3n) is 3.98. The number of hydrogen-bond acceptors (Lipinski definition) is 5. The molecule has 0 unspecified atom stereocenters. The van der Waals surface area contributed by atoms with Crippen molar-refractivity contribution in [2.24, 2.45) is 5.92 Å². The number of aliphatic hydroxyl groups excluding tert-OH is 1. The first kappa shape index (κ1) is 15.8. The Morgan fingerprint density at radius 1 is 1.43 bits per heavy atom. The van der Waals surface area contributed by atoms with Gasteiger partial charge in [-0.3, -0.25) is 4.79 Å². The minimum Gasteiger partial charge on any atom is -0.469 e. The third-order valence-corrected chi connectivity index (χ3v) is 3.98. The van der Waals surface area contributed by atoms with Crippen LogP contribution >= 0.6 is 0 Å². The van der Waals surface area contributed by atoms with E-state index in [1.54, 1.807) is 0 Å². The molecule has 2 heterocycles. The van der Waals surface area contributed by atoms with Crippen molar-refractivity contribution in [3.05, 3.63) is 23.4 Å². The van der Waals surface area contributed by atoms with Gasteiger partial charge in [-0.1, -0.05) is 13.3 Å². The highest BCUT2D eigenvalue weighted by atomic mass is 16.5. The van der Waals surface area contributed by atoms with Crippen LogP contribution in [0.15, 0.2) is 12.1 Å². The SMILES string of the molecule is CCCc1cc(CO)nc(N2CCC(C(=O)OC)CC2)c1. The molecule has 0 radical (unpaired) electrons. The van der Waals surface area contributed by atoms with Crippen molar-refractivity contribution < 1.29 is 14.6 Å². The molecular formula is C16H24N2O3. The first-order valence-corrected chi connectivity index (χ1v) is 7.61. The first-order chi connectivity index (χ1) is 10.2. The molecule has 0 bridgehead atoms. The van der Waals surface area contributed by atoms with Crippen LogP contribution in [0.25, 0.3) is 0 Å². The fourth-order valence-electron chi connectivity index (χ4n) is 2.82. The van der Waals surface area contributed by atoms with Crippen LogP contribution in [0.3, 0.4) is 0 Å². The number of carbonyl (C=O) groups is 1. The molecule has 1 fully saturated rings. The van der Waals surface area contributed by atoms with E-state index in [2.05, 4.69) is 22.9 Å². The van der Waals surface area contributed by atoms with E-state index in [1.807, 2.05) is 6.07 Å². The maximum atomic E-state index is 11.6. The number of anilines is 1. The van der Waals surface area contributed by atoms with E-state index in [0.29, 0.717) is 5.69 Å². The Balaban J connectivity index is 2.08. The van der Waals surface area contributed by atoms with E-state index < -0.39 is 0 Å². The normalized spacial score (nSPS) is 16.0. The summed E-state index contributed by atoms with van der Waals surface area (Å²) >= 11 is 0. The number of aliphatic hydroxyl groups is 1. The summed E-state index contributed by atoms with van der Waals surface area (Å²) in [4.78, 5) is 18.3. The van der Waals surface area contributed by atoms with E-state index in [4.69, 9.17) is 4.74 Å². The van der Waals surface area contributed by atoms with Crippen molar-refractivity contribution in [2.75, 3.05) is 25.1 Å². The monoisotopic (exact) mass is 292 g/mol. The second-order valence-corrected chi connectivity index (χ2v) is 5.52. The van der Waals surface area contributed by atoms with E-state index in [-0.39, 0.29) is 18.5 Å². The molecule has 1 N–H and O–H groups in total. The van der Waals surface area contributed by atoms with E-state index in [9.17, 15) is 9.90 Å². The number of ether oxygens (including phenoxy) is 1. The summed E-state index contributed by atoms with van der Waals surface area (Å²) < 4.78 is 4.81. The number of piperidine rings is 1. The van der Waals surface area contributed by atoms with Gasteiger partial charge >= 0.3 is 5.97 Å². The summed E-state index contributed by atoms with van der Waals surface area (Å²) in [6.07, 6.45) is 3.64. The van der Waals surface area contributed by atoms with Gasteiger partial charge in [-0.05, 0) is 37.0 Å². The van der Waals surface area contributed by atoms with Crippen molar-refractivity contribution in [1.82, 2.24) is 4.98 Å². The van der Waals surface area contributed by atoms with Gasteiger partial charge in [0.2, 0.25) is 0 Å². The number of nitrogens with zero attached hydrogens (tertiary/aromatic N) is 2. The highest BCUT2D eigenvalue weighted by Crippen LogP contribution is 2.24. The van der Waals surface area contributed by atoms with Crippen LogP contribution in [0, 0.1) is 5.92 Å². The van der Waals surface area contributed by atoms with E-state index >= 15 is 0 Å². The maximum Gasteiger partial charge on any atom is 0.308 e. The van der Waals surface area contributed by atoms with E-state index in [0.717, 1.165) is 44.6 Å². The molecule has 0 amide bonds. The molecule has 0 spiro atoms. The molecule has 1 aliphatic rings. The van der Waals surface area contributed by atoms with Crippen molar-refractivity contribution in [3.8, 4) is 0 Å². The zero-order valence-electron chi connectivity index (χ0n) is 12.8. The largest absolute Gasteiger partial charge is 0.469 e. The fourth-order valence-corrected chi connectivity index (χ4v) is 2.82. The van der Waals surface area contributed by atoms with Gasteiger partial charge in [0.05, 0.1) is 25.3 Å². The number of aryl methyl sites for hydroxylation is 1. The zero-order chi connectivity index (χ0) is 15.2. The molecule has 5 heteroatoms. The number of rotatable bonds is 5. The molecule has 1 aliphatic heterocycles. The zero-order valence-corrected chi connectivity index (χ0v) is 12.8. The number of carbonyl (C=O) groups excluding carboxylic acids is 1. The summed E-state index contributed by atoms with van der Waals surface area (Å²) in [5, 5.41) is 9.36. The van der Waals surface area contributed by atoms with Gasteiger partial charge in [-0.15, -0.1) is 0 Å². The molecule has 116 valence electrons. The summed E-state index contributed by atoms with van der Waals surface area (Å²) in [6.45, 7) is 3.70. The van der Waals surface area contributed by atoms with Gasteiger partial charge in [0.25, 0.3) is 0 Å². The van der Waals surface area contributed by atoms with Crippen LogP contribution in [-0.4, -0.2) is 36.3 Å². The minimum absolute atomic E-state index is 0.00221. The molecule has 1 saturated heterocycles. The summed E-state index contributed by atoms with van der Waals surface area (Å²) in [5.41, 5.74) is 1.92. The number of aromatic nitrogens is 1. The maximum absolute atomic E-state index is 11.6. The van der Waals surface area contributed by atoms with Crippen molar-refractivity contribution in [1.29, 1.82) is 0 Å². The van der Waals surface area contributed by atoms with Crippen LogP contribution in [0.4, 0.5) is 5.82 Å². The average molecular weight is 292 g/mol. The second kappa shape index (κ2) is 7.41. The highest BCUT2D eigenvalue weighted by Gasteiger charge is 2.26.